The van der Waals surface area contributed by atoms with Gasteiger partial charge in [0.25, 0.3) is 5.91 Å². The molecule has 0 spiro atoms. The molecule has 3 aromatic rings. The first-order valence-corrected chi connectivity index (χ1v) is 11.5. The van der Waals surface area contributed by atoms with E-state index in [1.54, 1.807) is 0 Å². The summed E-state index contributed by atoms with van der Waals surface area (Å²) in [6, 6.07) is 20.4. The fourth-order valence-corrected chi connectivity index (χ4v) is 4.65. The summed E-state index contributed by atoms with van der Waals surface area (Å²) >= 11 is 1.43. The number of piperazine rings is 1. The number of para-hydroxylation sites is 1. The largest absolute Gasteiger partial charge is 0.368 e. The number of hydrogen-bond donors (Lipinski definition) is 1. The molecule has 2 aromatic carbocycles. The van der Waals surface area contributed by atoms with Crippen LogP contribution in [-0.2, 0) is 4.79 Å². The van der Waals surface area contributed by atoms with Gasteiger partial charge < -0.3 is 15.1 Å². The molecule has 2 heterocycles. The Morgan fingerprint density at radius 3 is 2.35 bits per heavy atom. The minimum Gasteiger partial charge on any atom is -0.368 e. The van der Waals surface area contributed by atoms with E-state index in [1.807, 2.05) is 65.7 Å². The first-order valence-electron chi connectivity index (χ1n) is 10.6. The number of aryl methyl sites for hydroxylation is 1. The highest BCUT2D eigenvalue weighted by Gasteiger charge is 2.21. The predicted octanol–water partition coefficient (Wildman–Crippen LogP) is 4.19. The SMILES string of the molecule is Cc1ccc(-c2ccsc2C(=O)NCCC(=O)N2CCN(c3ccccc3)CC2)cc1. The Labute approximate surface area is 187 Å². The lowest BCUT2D eigenvalue weighted by Gasteiger charge is -2.36. The van der Waals surface area contributed by atoms with Crippen LogP contribution in [0.4, 0.5) is 5.69 Å². The zero-order valence-electron chi connectivity index (χ0n) is 17.7. The molecule has 1 fully saturated rings. The summed E-state index contributed by atoms with van der Waals surface area (Å²) in [6.45, 7) is 5.48. The summed E-state index contributed by atoms with van der Waals surface area (Å²) in [5, 5.41) is 4.86. The van der Waals surface area contributed by atoms with E-state index < -0.39 is 0 Å². The van der Waals surface area contributed by atoms with Gasteiger partial charge in [0.15, 0.2) is 0 Å². The fourth-order valence-electron chi connectivity index (χ4n) is 3.82. The van der Waals surface area contributed by atoms with Crippen molar-refractivity contribution in [3.8, 4) is 11.1 Å². The molecule has 4 rings (SSSR count). The average molecular weight is 434 g/mol. The summed E-state index contributed by atoms with van der Waals surface area (Å²) in [7, 11) is 0. The van der Waals surface area contributed by atoms with Crippen LogP contribution in [0.1, 0.15) is 21.7 Å². The number of anilines is 1. The summed E-state index contributed by atoms with van der Waals surface area (Å²) in [6.07, 6.45) is 0.322. The molecule has 1 aromatic heterocycles. The highest BCUT2D eigenvalue weighted by Crippen LogP contribution is 2.28. The predicted molar refractivity (Wildman–Crippen MR) is 127 cm³/mol. The molecule has 0 radical (unpaired) electrons. The maximum Gasteiger partial charge on any atom is 0.262 e. The topological polar surface area (TPSA) is 52.7 Å². The van der Waals surface area contributed by atoms with E-state index in [9.17, 15) is 9.59 Å². The molecule has 0 atom stereocenters. The van der Waals surface area contributed by atoms with Crippen molar-refractivity contribution in [3.05, 3.63) is 76.5 Å². The van der Waals surface area contributed by atoms with Crippen LogP contribution >= 0.6 is 11.3 Å². The average Bonchev–Trinajstić information content (AvgIpc) is 3.30. The minimum absolute atomic E-state index is 0.0953. The smallest absolute Gasteiger partial charge is 0.262 e. The van der Waals surface area contributed by atoms with Crippen LogP contribution in [0.25, 0.3) is 11.1 Å². The highest BCUT2D eigenvalue weighted by molar-refractivity contribution is 7.12. The van der Waals surface area contributed by atoms with Crippen LogP contribution in [0.3, 0.4) is 0 Å². The number of hydrogen-bond acceptors (Lipinski definition) is 4. The van der Waals surface area contributed by atoms with Gasteiger partial charge >= 0.3 is 0 Å². The fraction of sp³-hybridized carbons (Fsp3) is 0.280. The van der Waals surface area contributed by atoms with Gasteiger partial charge in [-0.1, -0.05) is 48.0 Å². The van der Waals surface area contributed by atoms with Crippen molar-refractivity contribution >= 4 is 28.8 Å². The molecule has 31 heavy (non-hydrogen) atoms. The number of nitrogens with one attached hydrogen (secondary N) is 1. The van der Waals surface area contributed by atoms with Gasteiger partial charge in [-0.3, -0.25) is 9.59 Å². The van der Waals surface area contributed by atoms with Crippen molar-refractivity contribution in [1.82, 2.24) is 10.2 Å². The second kappa shape index (κ2) is 9.79. The molecule has 1 N–H and O–H groups in total. The Hall–Kier alpha value is -3.12. The Bertz CT molecular complexity index is 1020. The van der Waals surface area contributed by atoms with Crippen molar-refractivity contribution in [1.29, 1.82) is 0 Å². The zero-order valence-corrected chi connectivity index (χ0v) is 18.5. The molecule has 1 saturated heterocycles. The van der Waals surface area contributed by atoms with Gasteiger partial charge in [0, 0.05) is 50.4 Å². The number of amides is 2. The van der Waals surface area contributed by atoms with Crippen LogP contribution in [0.5, 0.6) is 0 Å². The number of rotatable bonds is 6. The van der Waals surface area contributed by atoms with E-state index >= 15 is 0 Å². The van der Waals surface area contributed by atoms with Crippen LogP contribution in [0, 0.1) is 6.92 Å². The van der Waals surface area contributed by atoms with Gasteiger partial charge in [0.1, 0.15) is 0 Å². The summed E-state index contributed by atoms with van der Waals surface area (Å²) in [5.74, 6) is -0.0229. The minimum atomic E-state index is -0.118. The van der Waals surface area contributed by atoms with Gasteiger partial charge in [0.05, 0.1) is 4.88 Å². The molecule has 6 heteroatoms. The Morgan fingerprint density at radius 1 is 0.935 bits per heavy atom. The van der Waals surface area contributed by atoms with E-state index in [4.69, 9.17) is 0 Å². The lowest BCUT2D eigenvalue weighted by atomic mass is 10.0. The van der Waals surface area contributed by atoms with E-state index in [0.29, 0.717) is 30.9 Å². The Morgan fingerprint density at radius 2 is 1.65 bits per heavy atom. The van der Waals surface area contributed by atoms with Gasteiger partial charge in [-0.2, -0.15) is 0 Å². The molecule has 160 valence electrons. The third kappa shape index (κ3) is 5.14. The zero-order chi connectivity index (χ0) is 21.6. The molecule has 0 bridgehead atoms. The van der Waals surface area contributed by atoms with E-state index in [0.717, 1.165) is 24.2 Å². The molecule has 1 aliphatic heterocycles. The van der Waals surface area contributed by atoms with Gasteiger partial charge in [-0.25, -0.2) is 0 Å². The molecule has 0 aliphatic carbocycles. The quantitative estimate of drug-likeness (QED) is 0.634. The molecule has 2 amide bonds. The molecular formula is C25H27N3O2S. The van der Waals surface area contributed by atoms with Crippen LogP contribution in [0.2, 0.25) is 0 Å². The van der Waals surface area contributed by atoms with Crippen LogP contribution in [0.15, 0.2) is 66.0 Å². The Kier molecular flexibility index (Phi) is 6.67. The molecule has 0 unspecified atom stereocenters. The van der Waals surface area contributed by atoms with E-state index in [-0.39, 0.29) is 11.8 Å². The Balaban J connectivity index is 1.26. The molecule has 1 aliphatic rings. The summed E-state index contributed by atoms with van der Waals surface area (Å²) < 4.78 is 0. The normalized spacial score (nSPS) is 13.8. The van der Waals surface area contributed by atoms with Gasteiger partial charge in [0.2, 0.25) is 5.91 Å². The number of nitrogens with zero attached hydrogens (tertiary/aromatic N) is 2. The van der Waals surface area contributed by atoms with E-state index in [2.05, 4.69) is 22.3 Å². The van der Waals surface area contributed by atoms with E-state index in [1.165, 1.54) is 22.6 Å². The van der Waals surface area contributed by atoms with Crippen molar-refractivity contribution in [2.75, 3.05) is 37.6 Å². The molecule has 5 nitrogen and oxygen atoms in total. The van der Waals surface area contributed by atoms with Crippen molar-refractivity contribution < 1.29 is 9.59 Å². The number of thiophene rings is 1. The second-order valence-corrected chi connectivity index (χ2v) is 8.65. The monoisotopic (exact) mass is 433 g/mol. The third-order valence-electron chi connectivity index (χ3n) is 5.61. The van der Waals surface area contributed by atoms with Gasteiger partial charge in [-0.05, 0) is 36.1 Å². The van der Waals surface area contributed by atoms with Crippen molar-refractivity contribution in [2.45, 2.75) is 13.3 Å². The third-order valence-corrected chi connectivity index (χ3v) is 6.53. The lowest BCUT2D eigenvalue weighted by molar-refractivity contribution is -0.131. The number of benzene rings is 2. The molecule has 0 saturated carbocycles. The van der Waals surface area contributed by atoms with Crippen molar-refractivity contribution in [3.63, 3.8) is 0 Å². The summed E-state index contributed by atoms with van der Waals surface area (Å²) in [4.78, 5) is 30.2. The maximum absolute atomic E-state index is 12.7. The lowest BCUT2D eigenvalue weighted by Crippen LogP contribution is -2.49. The number of carbonyl (C=O) groups is 2. The summed E-state index contributed by atoms with van der Waals surface area (Å²) in [5.41, 5.74) is 4.35. The second-order valence-electron chi connectivity index (χ2n) is 7.74. The first-order chi connectivity index (χ1) is 15.1. The first kappa shape index (κ1) is 21.1. The molecular weight excluding hydrogens is 406 g/mol. The highest BCUT2D eigenvalue weighted by atomic mass is 32.1. The van der Waals surface area contributed by atoms with Crippen molar-refractivity contribution in [2.24, 2.45) is 0 Å². The number of carbonyl (C=O) groups excluding carboxylic acids is 2. The van der Waals surface area contributed by atoms with Gasteiger partial charge in [-0.15, -0.1) is 11.3 Å². The standard InChI is InChI=1S/C25H27N3O2S/c1-19-7-9-20(10-8-19)22-12-18-31-24(22)25(30)26-13-11-23(29)28-16-14-27(15-17-28)21-5-3-2-4-6-21/h2-10,12,18H,11,13-17H2,1H3,(H,26,30). The maximum atomic E-state index is 12.7. The van der Waals surface area contributed by atoms with Crippen LogP contribution in [-0.4, -0.2) is 49.4 Å². The van der Waals surface area contributed by atoms with Crippen LogP contribution < -0.4 is 10.2 Å².